The molecule has 1 aliphatic rings. The number of hydrogen-bond donors (Lipinski definition) is 0. The predicted molar refractivity (Wildman–Crippen MR) is 109 cm³/mol. The van der Waals surface area contributed by atoms with Crippen molar-refractivity contribution >= 4 is 33.4 Å². The molecule has 0 N–H and O–H groups in total. The van der Waals surface area contributed by atoms with Crippen molar-refractivity contribution in [1.29, 1.82) is 0 Å². The van der Waals surface area contributed by atoms with E-state index < -0.39 is 5.97 Å². The number of esters is 1. The fourth-order valence-corrected chi connectivity index (χ4v) is 4.69. The maximum absolute atomic E-state index is 13.2. The average Bonchev–Trinajstić information content (AvgIpc) is 3.27. The smallest absolute Gasteiger partial charge is 0.348 e. The molecule has 152 valence electrons. The van der Waals surface area contributed by atoms with E-state index in [9.17, 15) is 14.0 Å². The van der Waals surface area contributed by atoms with Crippen LogP contribution in [0.25, 0.3) is 15.9 Å². The van der Waals surface area contributed by atoms with E-state index >= 15 is 0 Å². The number of aryl methyl sites for hydroxylation is 1. The van der Waals surface area contributed by atoms with Crippen molar-refractivity contribution in [1.82, 2.24) is 14.7 Å². The molecule has 1 aromatic carbocycles. The molecule has 0 bridgehead atoms. The number of carbonyl (C=O) groups is 2. The number of rotatable bonds is 4. The van der Waals surface area contributed by atoms with E-state index in [-0.39, 0.29) is 18.3 Å². The van der Waals surface area contributed by atoms with Gasteiger partial charge < -0.3 is 9.64 Å². The lowest BCUT2D eigenvalue weighted by Gasteiger charge is -2.30. The van der Waals surface area contributed by atoms with Crippen molar-refractivity contribution in [2.45, 2.75) is 26.7 Å². The Hall–Kier alpha value is -2.74. The van der Waals surface area contributed by atoms with Crippen LogP contribution in [0.5, 0.6) is 0 Å². The highest BCUT2D eigenvalue weighted by molar-refractivity contribution is 7.20. The van der Waals surface area contributed by atoms with Crippen LogP contribution in [0.2, 0.25) is 0 Å². The fourth-order valence-electron chi connectivity index (χ4n) is 3.61. The summed E-state index contributed by atoms with van der Waals surface area (Å²) >= 11 is 1.25. The number of halogens is 1. The largest absolute Gasteiger partial charge is 0.451 e. The number of piperidine rings is 1. The molecule has 0 aliphatic carbocycles. The van der Waals surface area contributed by atoms with Crippen LogP contribution in [0.15, 0.2) is 30.3 Å². The van der Waals surface area contributed by atoms with Crippen LogP contribution in [0.4, 0.5) is 4.39 Å². The molecule has 1 amide bonds. The van der Waals surface area contributed by atoms with Crippen molar-refractivity contribution in [2.24, 2.45) is 5.92 Å². The molecule has 0 radical (unpaired) electrons. The zero-order valence-electron chi connectivity index (χ0n) is 16.4. The lowest BCUT2D eigenvalue weighted by molar-refractivity contribution is -0.136. The molecule has 0 unspecified atom stereocenters. The van der Waals surface area contributed by atoms with Crippen LogP contribution in [0.3, 0.4) is 0 Å². The summed E-state index contributed by atoms with van der Waals surface area (Å²) in [4.78, 5) is 27.8. The molecule has 1 aliphatic heterocycles. The van der Waals surface area contributed by atoms with Crippen molar-refractivity contribution in [3.8, 4) is 5.69 Å². The number of likely N-dealkylation sites (tertiary alicyclic amines) is 1. The second kappa shape index (κ2) is 7.94. The van der Waals surface area contributed by atoms with Gasteiger partial charge in [0.1, 0.15) is 15.5 Å². The van der Waals surface area contributed by atoms with Crippen LogP contribution in [-0.2, 0) is 9.53 Å². The van der Waals surface area contributed by atoms with Gasteiger partial charge >= 0.3 is 5.97 Å². The number of hydrogen-bond acceptors (Lipinski definition) is 5. The van der Waals surface area contributed by atoms with Gasteiger partial charge in [0.15, 0.2) is 6.61 Å². The number of ether oxygens (including phenoxy) is 1. The minimum absolute atomic E-state index is 0.153. The summed E-state index contributed by atoms with van der Waals surface area (Å²) in [7, 11) is 0. The minimum atomic E-state index is -0.519. The zero-order chi connectivity index (χ0) is 20.5. The average molecular weight is 415 g/mol. The summed E-state index contributed by atoms with van der Waals surface area (Å²) in [6.07, 6.45) is 2.10. The van der Waals surface area contributed by atoms with Gasteiger partial charge in [-0.25, -0.2) is 13.9 Å². The van der Waals surface area contributed by atoms with Crippen molar-refractivity contribution in [2.75, 3.05) is 19.7 Å². The van der Waals surface area contributed by atoms with Crippen LogP contribution in [0, 0.1) is 18.7 Å². The normalized spacial score (nSPS) is 16.9. The molecule has 4 rings (SSSR count). The van der Waals surface area contributed by atoms with E-state index in [0.717, 1.165) is 35.3 Å². The number of aromatic nitrogens is 2. The lowest BCUT2D eigenvalue weighted by atomic mass is 10.0. The standard InChI is InChI=1S/C21H22FN3O3S/c1-13-4-3-9-24(11-13)19(26)12-28-21(27)18-10-17-14(2)23-25(20(17)29-18)16-7-5-15(22)6-8-16/h5-8,10,13H,3-4,9,11-12H2,1-2H3/t13-/m0/s1. The first-order valence-corrected chi connectivity index (χ1v) is 10.4. The quantitative estimate of drug-likeness (QED) is 0.606. The molecule has 8 heteroatoms. The second-order valence-electron chi connectivity index (χ2n) is 7.47. The molecule has 6 nitrogen and oxygen atoms in total. The maximum Gasteiger partial charge on any atom is 0.348 e. The Balaban J connectivity index is 1.49. The first kappa shape index (κ1) is 19.6. The highest BCUT2D eigenvalue weighted by Gasteiger charge is 2.23. The summed E-state index contributed by atoms with van der Waals surface area (Å²) in [5, 5.41) is 5.32. The van der Waals surface area contributed by atoms with E-state index in [1.54, 1.807) is 27.8 Å². The molecular weight excluding hydrogens is 393 g/mol. The van der Waals surface area contributed by atoms with Gasteiger partial charge in [-0.05, 0) is 56.0 Å². The summed E-state index contributed by atoms with van der Waals surface area (Å²) in [5.74, 6) is -0.519. The third-order valence-electron chi connectivity index (χ3n) is 5.15. The van der Waals surface area contributed by atoms with Gasteiger partial charge in [-0.3, -0.25) is 4.79 Å². The van der Waals surface area contributed by atoms with Crippen LogP contribution in [-0.4, -0.2) is 46.3 Å². The van der Waals surface area contributed by atoms with Crippen molar-refractivity contribution in [3.05, 3.63) is 46.7 Å². The van der Waals surface area contributed by atoms with Crippen LogP contribution in [0.1, 0.15) is 35.1 Å². The van der Waals surface area contributed by atoms with Crippen LogP contribution < -0.4 is 0 Å². The third kappa shape index (κ3) is 4.03. The van der Waals surface area contributed by atoms with Crippen molar-refractivity contribution < 1.29 is 18.7 Å². The molecule has 2 aromatic heterocycles. The summed E-state index contributed by atoms with van der Waals surface area (Å²) < 4.78 is 20.2. The Kier molecular flexibility index (Phi) is 5.36. The Morgan fingerprint density at radius 3 is 2.79 bits per heavy atom. The summed E-state index contributed by atoms with van der Waals surface area (Å²) in [5.41, 5.74) is 1.47. The summed E-state index contributed by atoms with van der Waals surface area (Å²) in [6.45, 7) is 5.16. The zero-order valence-corrected chi connectivity index (χ0v) is 17.2. The van der Waals surface area contributed by atoms with Crippen LogP contribution >= 0.6 is 11.3 Å². The predicted octanol–water partition coefficient (Wildman–Crippen LogP) is 3.95. The topological polar surface area (TPSA) is 64.4 Å². The molecule has 0 saturated carbocycles. The maximum atomic E-state index is 13.2. The molecule has 1 saturated heterocycles. The monoisotopic (exact) mass is 415 g/mol. The highest BCUT2D eigenvalue weighted by Crippen LogP contribution is 2.31. The number of thiophene rings is 1. The Morgan fingerprint density at radius 1 is 1.31 bits per heavy atom. The molecular formula is C21H22FN3O3S. The lowest BCUT2D eigenvalue weighted by Crippen LogP contribution is -2.41. The number of fused-ring (bicyclic) bond motifs is 1. The Morgan fingerprint density at radius 2 is 2.07 bits per heavy atom. The number of amides is 1. The van der Waals surface area contributed by atoms with E-state index in [1.165, 1.54) is 23.5 Å². The first-order chi connectivity index (χ1) is 13.9. The van der Waals surface area contributed by atoms with Gasteiger partial charge in [0.25, 0.3) is 5.91 Å². The fraction of sp³-hybridized carbons (Fsp3) is 0.381. The molecule has 3 heterocycles. The van der Waals surface area contributed by atoms with E-state index in [4.69, 9.17) is 4.74 Å². The SMILES string of the molecule is Cc1nn(-c2ccc(F)cc2)c2sc(C(=O)OCC(=O)N3CCC[C@H](C)C3)cc12. The van der Waals surface area contributed by atoms with Gasteiger partial charge in [0, 0.05) is 18.5 Å². The van der Waals surface area contributed by atoms with E-state index in [0.29, 0.717) is 23.0 Å². The highest BCUT2D eigenvalue weighted by atomic mass is 32.1. The summed E-state index contributed by atoms with van der Waals surface area (Å²) in [6, 6.07) is 7.74. The van der Waals surface area contributed by atoms with Gasteiger partial charge in [-0.15, -0.1) is 11.3 Å². The number of carbonyl (C=O) groups excluding carboxylic acids is 2. The Labute approximate surface area is 171 Å². The number of benzene rings is 1. The molecule has 0 spiro atoms. The van der Waals surface area contributed by atoms with Gasteiger partial charge in [-0.2, -0.15) is 5.10 Å². The van der Waals surface area contributed by atoms with Crippen molar-refractivity contribution in [3.63, 3.8) is 0 Å². The second-order valence-corrected chi connectivity index (χ2v) is 8.50. The molecule has 3 aromatic rings. The first-order valence-electron chi connectivity index (χ1n) is 9.62. The van der Waals surface area contributed by atoms with Gasteiger partial charge in [-0.1, -0.05) is 6.92 Å². The minimum Gasteiger partial charge on any atom is -0.451 e. The number of nitrogens with zero attached hydrogens (tertiary/aromatic N) is 3. The molecule has 1 atom stereocenters. The van der Waals surface area contributed by atoms with Gasteiger partial charge in [0.2, 0.25) is 0 Å². The van der Waals surface area contributed by atoms with E-state index in [1.807, 2.05) is 6.92 Å². The molecule has 1 fully saturated rings. The van der Waals surface area contributed by atoms with Gasteiger partial charge in [0.05, 0.1) is 11.4 Å². The van der Waals surface area contributed by atoms with E-state index in [2.05, 4.69) is 12.0 Å². The molecule has 29 heavy (non-hydrogen) atoms. The third-order valence-corrected chi connectivity index (χ3v) is 6.24. The Bertz CT molecular complexity index is 1060.